The number of hydrogen-bond donors (Lipinski definition) is 2. The van der Waals surface area contributed by atoms with Crippen molar-refractivity contribution < 1.29 is 0 Å². The highest BCUT2D eigenvalue weighted by Gasteiger charge is 2.02. The Morgan fingerprint density at radius 2 is 1.91 bits per heavy atom. The van der Waals surface area contributed by atoms with Gasteiger partial charge < -0.3 is 11.5 Å². The lowest BCUT2D eigenvalue weighted by Gasteiger charge is -2.04. The molecule has 1 aromatic heterocycles. The molecule has 0 aliphatic heterocycles. The Bertz CT molecular complexity index is 236. The fraction of sp³-hybridized carbons (Fsp3) is 0.429. The molecule has 1 aromatic rings. The van der Waals surface area contributed by atoms with E-state index < -0.39 is 0 Å². The van der Waals surface area contributed by atoms with Crippen LogP contribution in [-0.4, -0.2) is 9.97 Å². The molecule has 11 heavy (non-hydrogen) atoms. The molecule has 0 spiro atoms. The molecule has 0 saturated heterocycles. The number of hydrogen-bond acceptors (Lipinski definition) is 4. The van der Waals surface area contributed by atoms with E-state index in [4.69, 9.17) is 11.5 Å². The van der Waals surface area contributed by atoms with Crippen molar-refractivity contribution in [3.05, 3.63) is 11.8 Å². The van der Waals surface area contributed by atoms with Gasteiger partial charge in [0.15, 0.2) is 0 Å². The van der Waals surface area contributed by atoms with Crippen LogP contribution in [0.15, 0.2) is 6.07 Å². The Kier molecular flexibility index (Phi) is 1.94. The summed E-state index contributed by atoms with van der Waals surface area (Å²) in [6, 6.07) is 1.74. The van der Waals surface area contributed by atoms with Crippen molar-refractivity contribution in [2.75, 3.05) is 11.5 Å². The van der Waals surface area contributed by atoms with Crippen molar-refractivity contribution in [3.63, 3.8) is 0 Å². The van der Waals surface area contributed by atoms with Crippen LogP contribution in [0.25, 0.3) is 0 Å². The van der Waals surface area contributed by atoms with Crippen LogP contribution in [0.1, 0.15) is 25.5 Å². The maximum atomic E-state index is 5.47. The summed E-state index contributed by atoms with van der Waals surface area (Å²) >= 11 is 0. The van der Waals surface area contributed by atoms with Crippen molar-refractivity contribution in [1.82, 2.24) is 9.97 Å². The summed E-state index contributed by atoms with van der Waals surface area (Å²) < 4.78 is 0. The van der Waals surface area contributed by atoms with Crippen LogP contribution in [0.5, 0.6) is 0 Å². The molecule has 1 heterocycles. The summed E-state index contributed by atoms with van der Waals surface area (Å²) in [5, 5.41) is 0. The third kappa shape index (κ3) is 1.80. The van der Waals surface area contributed by atoms with Crippen LogP contribution in [0, 0.1) is 0 Å². The molecular weight excluding hydrogens is 140 g/mol. The molecule has 4 nitrogen and oxygen atoms in total. The van der Waals surface area contributed by atoms with Gasteiger partial charge >= 0.3 is 0 Å². The van der Waals surface area contributed by atoms with Gasteiger partial charge in [-0.25, -0.2) is 4.98 Å². The minimum Gasteiger partial charge on any atom is -0.384 e. The van der Waals surface area contributed by atoms with Crippen LogP contribution in [-0.2, 0) is 0 Å². The average molecular weight is 152 g/mol. The maximum absolute atomic E-state index is 5.47. The second kappa shape index (κ2) is 2.74. The second-order valence-corrected chi connectivity index (χ2v) is 2.73. The van der Waals surface area contributed by atoms with Crippen molar-refractivity contribution in [2.45, 2.75) is 19.8 Å². The number of nitrogens with two attached hydrogens (primary N) is 2. The van der Waals surface area contributed by atoms with Crippen LogP contribution >= 0.6 is 0 Å². The Balaban J connectivity index is 3.08. The number of rotatable bonds is 1. The highest BCUT2D eigenvalue weighted by molar-refractivity contribution is 5.36. The van der Waals surface area contributed by atoms with E-state index in [0.29, 0.717) is 11.7 Å². The lowest BCUT2D eigenvalue weighted by atomic mass is 10.1. The molecule has 0 aliphatic carbocycles. The van der Waals surface area contributed by atoms with Crippen molar-refractivity contribution >= 4 is 11.8 Å². The molecule has 4 N–H and O–H groups in total. The van der Waals surface area contributed by atoms with Gasteiger partial charge in [0.25, 0.3) is 0 Å². The van der Waals surface area contributed by atoms with Gasteiger partial charge in [0.05, 0.1) is 5.69 Å². The molecule has 0 unspecified atom stereocenters. The van der Waals surface area contributed by atoms with E-state index in [1.807, 2.05) is 13.8 Å². The SMILES string of the molecule is CC(C)c1cc(N)nc(N)n1. The Labute approximate surface area is 65.6 Å². The second-order valence-electron chi connectivity index (χ2n) is 2.73. The van der Waals surface area contributed by atoms with Crippen molar-refractivity contribution in [3.8, 4) is 0 Å². The van der Waals surface area contributed by atoms with E-state index in [9.17, 15) is 0 Å². The van der Waals surface area contributed by atoms with Crippen LogP contribution in [0.3, 0.4) is 0 Å². The predicted octanol–water partition coefficient (Wildman–Crippen LogP) is 0.764. The molecule has 0 aromatic carbocycles. The minimum absolute atomic E-state index is 0.244. The number of anilines is 2. The van der Waals surface area contributed by atoms with Crippen LogP contribution in [0.2, 0.25) is 0 Å². The molecule has 0 bridgehead atoms. The molecule has 0 aliphatic rings. The Hall–Kier alpha value is -1.32. The van der Waals surface area contributed by atoms with Crippen molar-refractivity contribution in [1.29, 1.82) is 0 Å². The number of nitrogen functional groups attached to an aromatic ring is 2. The molecule has 0 fully saturated rings. The Morgan fingerprint density at radius 3 is 2.36 bits per heavy atom. The molecule has 4 heteroatoms. The van der Waals surface area contributed by atoms with Gasteiger partial charge in [-0.2, -0.15) is 4.98 Å². The maximum Gasteiger partial charge on any atom is 0.222 e. The summed E-state index contributed by atoms with van der Waals surface area (Å²) in [5.74, 6) is 1.01. The topological polar surface area (TPSA) is 77.8 Å². The highest BCUT2D eigenvalue weighted by atomic mass is 15.0. The summed E-state index contributed by atoms with van der Waals surface area (Å²) in [5.41, 5.74) is 11.7. The summed E-state index contributed by atoms with van der Waals surface area (Å²) in [6.07, 6.45) is 0. The smallest absolute Gasteiger partial charge is 0.222 e. The zero-order chi connectivity index (χ0) is 8.43. The van der Waals surface area contributed by atoms with E-state index in [1.165, 1.54) is 0 Å². The van der Waals surface area contributed by atoms with E-state index in [1.54, 1.807) is 6.07 Å². The molecule has 1 rings (SSSR count). The van der Waals surface area contributed by atoms with E-state index in [-0.39, 0.29) is 5.95 Å². The van der Waals surface area contributed by atoms with Crippen LogP contribution in [0.4, 0.5) is 11.8 Å². The van der Waals surface area contributed by atoms with Gasteiger partial charge in [0, 0.05) is 6.07 Å². The van der Waals surface area contributed by atoms with Crippen LogP contribution < -0.4 is 11.5 Å². The van der Waals surface area contributed by atoms with E-state index in [0.717, 1.165) is 5.69 Å². The highest BCUT2D eigenvalue weighted by Crippen LogP contribution is 2.13. The third-order valence-corrected chi connectivity index (χ3v) is 1.37. The molecule has 0 radical (unpaired) electrons. The first-order chi connectivity index (χ1) is 5.09. The van der Waals surface area contributed by atoms with E-state index >= 15 is 0 Å². The fourth-order valence-electron chi connectivity index (χ4n) is 0.801. The molecular formula is C7H12N4. The average Bonchev–Trinajstić information content (AvgIpc) is 1.85. The molecule has 60 valence electrons. The lowest BCUT2D eigenvalue weighted by Crippen LogP contribution is -2.03. The largest absolute Gasteiger partial charge is 0.384 e. The lowest BCUT2D eigenvalue weighted by molar-refractivity contribution is 0.819. The van der Waals surface area contributed by atoms with Gasteiger partial charge in [-0.15, -0.1) is 0 Å². The first-order valence-corrected chi connectivity index (χ1v) is 3.49. The van der Waals surface area contributed by atoms with Gasteiger partial charge in [0.1, 0.15) is 5.82 Å². The van der Waals surface area contributed by atoms with Gasteiger partial charge in [-0.05, 0) is 5.92 Å². The molecule has 0 atom stereocenters. The predicted molar refractivity (Wildman–Crippen MR) is 44.9 cm³/mol. The standard InChI is InChI=1S/C7H12N4/c1-4(2)5-3-6(8)11-7(9)10-5/h3-4H,1-2H3,(H4,8,9,10,11). The quantitative estimate of drug-likeness (QED) is 0.622. The summed E-state index contributed by atoms with van der Waals surface area (Å²) in [7, 11) is 0. The summed E-state index contributed by atoms with van der Waals surface area (Å²) in [6.45, 7) is 4.06. The number of nitrogens with zero attached hydrogens (tertiary/aromatic N) is 2. The van der Waals surface area contributed by atoms with Gasteiger partial charge in [-0.3, -0.25) is 0 Å². The minimum atomic E-state index is 0.244. The molecule has 0 saturated carbocycles. The first kappa shape index (κ1) is 7.78. The zero-order valence-electron chi connectivity index (χ0n) is 6.70. The van der Waals surface area contributed by atoms with Gasteiger partial charge in [-0.1, -0.05) is 13.8 Å². The first-order valence-electron chi connectivity index (χ1n) is 3.49. The van der Waals surface area contributed by atoms with Gasteiger partial charge in [0.2, 0.25) is 5.95 Å². The van der Waals surface area contributed by atoms with E-state index in [2.05, 4.69) is 9.97 Å². The summed E-state index contributed by atoms with van der Waals surface area (Å²) in [4.78, 5) is 7.78. The fourth-order valence-corrected chi connectivity index (χ4v) is 0.801. The normalized spacial score (nSPS) is 10.5. The third-order valence-electron chi connectivity index (χ3n) is 1.37. The number of aromatic nitrogens is 2. The zero-order valence-corrected chi connectivity index (χ0v) is 6.70. The molecule has 0 amide bonds. The Morgan fingerprint density at radius 1 is 1.27 bits per heavy atom. The van der Waals surface area contributed by atoms with Crippen molar-refractivity contribution in [2.24, 2.45) is 0 Å². The monoisotopic (exact) mass is 152 g/mol.